The first-order valence-electron chi connectivity index (χ1n) is 5.91. The van der Waals surface area contributed by atoms with Crippen molar-refractivity contribution in [3.05, 3.63) is 0 Å². The van der Waals surface area contributed by atoms with Crippen LogP contribution >= 0.6 is 0 Å². The van der Waals surface area contributed by atoms with Gasteiger partial charge in [-0.25, -0.2) is 0 Å². The average Bonchev–Trinajstić information content (AvgIpc) is 2.56. The predicted octanol–water partition coefficient (Wildman–Crippen LogP) is 1.13. The van der Waals surface area contributed by atoms with Crippen LogP contribution in [0.1, 0.15) is 39.0 Å². The molecule has 0 radical (unpaired) electrons. The Hall–Kier alpha value is -0.410. The molecule has 86 valence electrons. The van der Waals surface area contributed by atoms with Gasteiger partial charge >= 0.3 is 0 Å². The van der Waals surface area contributed by atoms with Crippen molar-refractivity contribution in [1.82, 2.24) is 0 Å². The van der Waals surface area contributed by atoms with E-state index < -0.39 is 0 Å². The summed E-state index contributed by atoms with van der Waals surface area (Å²) >= 11 is 0. The quantitative estimate of drug-likeness (QED) is 0.721. The van der Waals surface area contributed by atoms with E-state index in [4.69, 9.17) is 5.11 Å². The summed E-state index contributed by atoms with van der Waals surface area (Å²) in [6, 6.07) is 0. The highest BCUT2D eigenvalue weighted by atomic mass is 16.3. The number of ketones is 1. The van der Waals surface area contributed by atoms with Crippen LogP contribution in [0.15, 0.2) is 0 Å². The summed E-state index contributed by atoms with van der Waals surface area (Å²) in [5.41, 5.74) is -0.0581. The minimum Gasteiger partial charge on any atom is -0.393 e. The summed E-state index contributed by atoms with van der Waals surface area (Å²) in [5, 5.41) is 18.9. The van der Waals surface area contributed by atoms with Gasteiger partial charge in [-0.2, -0.15) is 0 Å². The molecule has 0 heterocycles. The van der Waals surface area contributed by atoms with E-state index in [0.29, 0.717) is 0 Å². The van der Waals surface area contributed by atoms with Crippen LogP contribution in [0.4, 0.5) is 0 Å². The first-order valence-corrected chi connectivity index (χ1v) is 5.91. The van der Waals surface area contributed by atoms with Gasteiger partial charge in [0.2, 0.25) is 0 Å². The topological polar surface area (TPSA) is 57.5 Å². The zero-order valence-electron chi connectivity index (χ0n) is 9.28. The molecule has 0 aromatic heterocycles. The fraction of sp³-hybridized carbons (Fsp3) is 0.917. The molecular weight excluding hydrogens is 192 g/mol. The molecule has 4 atom stereocenters. The maximum absolute atomic E-state index is 11.6. The molecule has 0 unspecified atom stereocenters. The van der Waals surface area contributed by atoms with Crippen molar-refractivity contribution in [3.63, 3.8) is 0 Å². The van der Waals surface area contributed by atoms with Crippen LogP contribution in [0.3, 0.4) is 0 Å². The first-order chi connectivity index (χ1) is 7.09. The molecule has 2 saturated carbocycles. The lowest BCUT2D eigenvalue weighted by Crippen LogP contribution is -2.42. The van der Waals surface area contributed by atoms with E-state index >= 15 is 0 Å². The number of aliphatic hydroxyl groups excluding tert-OH is 2. The van der Waals surface area contributed by atoms with Gasteiger partial charge in [0.05, 0.1) is 6.10 Å². The van der Waals surface area contributed by atoms with Crippen LogP contribution in [0.25, 0.3) is 0 Å². The monoisotopic (exact) mass is 212 g/mol. The number of aliphatic hydroxyl groups is 2. The average molecular weight is 212 g/mol. The SMILES string of the molecule is C[C@]12CCC[C@H](O)[C@@H]1CC[C@@H]2C(=O)CO. The Bertz CT molecular complexity index is 264. The Labute approximate surface area is 90.5 Å². The molecule has 0 saturated heterocycles. The van der Waals surface area contributed by atoms with Gasteiger partial charge in [-0.3, -0.25) is 4.79 Å². The second-order valence-electron chi connectivity index (χ2n) is 5.33. The van der Waals surface area contributed by atoms with Gasteiger partial charge in [0.1, 0.15) is 6.61 Å². The van der Waals surface area contributed by atoms with Gasteiger partial charge in [-0.05, 0) is 37.0 Å². The largest absolute Gasteiger partial charge is 0.393 e. The van der Waals surface area contributed by atoms with Gasteiger partial charge in [0, 0.05) is 5.92 Å². The number of hydrogen-bond donors (Lipinski definition) is 2. The highest BCUT2D eigenvalue weighted by Crippen LogP contribution is 2.55. The minimum atomic E-state index is -0.344. The molecule has 0 aliphatic heterocycles. The lowest BCUT2D eigenvalue weighted by molar-refractivity contribution is -0.131. The van der Waals surface area contributed by atoms with Gasteiger partial charge in [0.15, 0.2) is 5.78 Å². The highest BCUT2D eigenvalue weighted by molar-refractivity contribution is 5.83. The highest BCUT2D eigenvalue weighted by Gasteiger charge is 2.52. The van der Waals surface area contributed by atoms with Crippen LogP contribution in [0.2, 0.25) is 0 Å². The Morgan fingerprint density at radius 2 is 2.13 bits per heavy atom. The zero-order valence-corrected chi connectivity index (χ0v) is 9.28. The summed E-state index contributed by atoms with van der Waals surface area (Å²) in [7, 11) is 0. The molecule has 0 spiro atoms. The zero-order chi connectivity index (χ0) is 11.1. The smallest absolute Gasteiger partial charge is 0.161 e. The Morgan fingerprint density at radius 1 is 1.40 bits per heavy atom. The molecule has 2 rings (SSSR count). The number of hydrogen-bond acceptors (Lipinski definition) is 3. The number of Topliss-reactive ketones (excluding diaryl/α,β-unsaturated/α-hetero) is 1. The van der Waals surface area contributed by atoms with E-state index in [1.807, 2.05) is 0 Å². The van der Waals surface area contributed by atoms with Crippen molar-refractivity contribution in [3.8, 4) is 0 Å². The molecule has 0 aromatic carbocycles. The van der Waals surface area contributed by atoms with E-state index in [9.17, 15) is 9.90 Å². The van der Waals surface area contributed by atoms with E-state index in [0.717, 1.165) is 32.1 Å². The molecular formula is C12H20O3. The third-order valence-electron chi connectivity index (χ3n) is 4.63. The summed E-state index contributed by atoms with van der Waals surface area (Å²) in [4.78, 5) is 11.6. The van der Waals surface area contributed by atoms with Crippen molar-refractivity contribution in [2.75, 3.05) is 6.61 Å². The number of carbonyl (C=O) groups excluding carboxylic acids is 1. The van der Waals surface area contributed by atoms with Crippen LogP contribution in [0.5, 0.6) is 0 Å². The molecule has 2 aliphatic rings. The van der Waals surface area contributed by atoms with Gasteiger partial charge in [-0.1, -0.05) is 13.3 Å². The van der Waals surface area contributed by atoms with E-state index in [2.05, 4.69) is 6.92 Å². The molecule has 0 amide bonds. The molecule has 2 aliphatic carbocycles. The van der Waals surface area contributed by atoms with Gasteiger partial charge in [0.25, 0.3) is 0 Å². The van der Waals surface area contributed by atoms with E-state index in [1.165, 1.54) is 0 Å². The second-order valence-corrected chi connectivity index (χ2v) is 5.33. The van der Waals surface area contributed by atoms with Crippen molar-refractivity contribution in [1.29, 1.82) is 0 Å². The Morgan fingerprint density at radius 3 is 2.80 bits per heavy atom. The maximum atomic E-state index is 11.6. The summed E-state index contributed by atoms with van der Waals surface area (Å²) in [6.07, 6.45) is 4.45. The van der Waals surface area contributed by atoms with Crippen LogP contribution in [-0.2, 0) is 4.79 Å². The number of carbonyl (C=O) groups is 1. The van der Waals surface area contributed by atoms with Crippen molar-refractivity contribution >= 4 is 5.78 Å². The van der Waals surface area contributed by atoms with Crippen molar-refractivity contribution < 1.29 is 15.0 Å². The van der Waals surface area contributed by atoms with E-state index in [-0.39, 0.29) is 35.7 Å². The fourth-order valence-electron chi connectivity index (χ4n) is 3.79. The normalized spacial score (nSPS) is 45.1. The standard InChI is InChI=1S/C12H20O3/c1-12-6-2-3-10(14)8(12)4-5-9(12)11(15)7-13/h8-10,13-14H,2-7H2,1H3/t8-,9+,10-,12-/m0/s1. The third-order valence-corrected chi connectivity index (χ3v) is 4.63. The molecule has 2 fully saturated rings. The maximum Gasteiger partial charge on any atom is 0.161 e. The van der Waals surface area contributed by atoms with Crippen molar-refractivity contribution in [2.24, 2.45) is 17.3 Å². The van der Waals surface area contributed by atoms with Crippen LogP contribution in [-0.4, -0.2) is 28.7 Å². The minimum absolute atomic E-state index is 0.0255. The summed E-state index contributed by atoms with van der Waals surface area (Å²) < 4.78 is 0. The lowest BCUT2D eigenvalue weighted by atomic mass is 9.63. The molecule has 0 aromatic rings. The predicted molar refractivity (Wildman–Crippen MR) is 56.3 cm³/mol. The molecule has 2 N–H and O–H groups in total. The molecule has 15 heavy (non-hydrogen) atoms. The third kappa shape index (κ3) is 1.62. The van der Waals surface area contributed by atoms with Crippen molar-refractivity contribution in [2.45, 2.75) is 45.1 Å². The van der Waals surface area contributed by atoms with E-state index in [1.54, 1.807) is 0 Å². The van der Waals surface area contributed by atoms with Crippen LogP contribution < -0.4 is 0 Å². The van der Waals surface area contributed by atoms with Gasteiger partial charge in [-0.15, -0.1) is 0 Å². The number of rotatable bonds is 2. The Kier molecular flexibility index (Phi) is 2.86. The van der Waals surface area contributed by atoms with Crippen LogP contribution in [0, 0.1) is 17.3 Å². The molecule has 0 bridgehead atoms. The molecule has 3 heteroatoms. The fourth-order valence-corrected chi connectivity index (χ4v) is 3.79. The first kappa shape index (κ1) is 11.1. The summed E-state index contributed by atoms with van der Waals surface area (Å²) in [5.74, 6) is 0.211. The second kappa shape index (κ2) is 3.87. The Balaban J connectivity index is 2.21. The number of fused-ring (bicyclic) bond motifs is 1. The van der Waals surface area contributed by atoms with Gasteiger partial charge < -0.3 is 10.2 Å². The summed E-state index contributed by atoms with van der Waals surface area (Å²) in [6.45, 7) is 1.77. The lowest BCUT2D eigenvalue weighted by Gasteiger charge is -2.42. The molecule has 3 nitrogen and oxygen atoms in total.